The summed E-state index contributed by atoms with van der Waals surface area (Å²) in [5, 5.41) is 2.96. The maximum atomic E-state index is 13.5. The average molecular weight is 683 g/mol. The lowest BCUT2D eigenvalue weighted by Crippen LogP contribution is -2.38. The molecule has 0 fully saturated rings. The molecule has 0 aromatic heterocycles. The van der Waals surface area contributed by atoms with Crippen molar-refractivity contribution >= 4 is 82.1 Å². The van der Waals surface area contributed by atoms with Crippen LogP contribution in [0.2, 0.25) is 10.0 Å². The molecular formula is C27H22BrCl2N3O5S2. The van der Waals surface area contributed by atoms with Crippen LogP contribution in [-0.2, 0) is 24.8 Å². The SMILES string of the molecule is Cc1ccc(S(=O)(=O)N(CC(=O)Nc2ccc(S(=O)(=O)Nc3ccc(Br)cc3)cc2)c2ccc(Cl)c(Cl)c2)cc1. The van der Waals surface area contributed by atoms with Gasteiger partial charge in [-0.2, -0.15) is 0 Å². The lowest BCUT2D eigenvalue weighted by molar-refractivity contribution is -0.114. The van der Waals surface area contributed by atoms with Gasteiger partial charge in [0, 0.05) is 15.8 Å². The summed E-state index contributed by atoms with van der Waals surface area (Å²) in [4.78, 5) is 13.0. The first-order chi connectivity index (χ1) is 18.8. The topological polar surface area (TPSA) is 113 Å². The van der Waals surface area contributed by atoms with Gasteiger partial charge in [0.15, 0.2) is 0 Å². The van der Waals surface area contributed by atoms with E-state index in [0.29, 0.717) is 5.69 Å². The molecule has 0 aliphatic rings. The Balaban J connectivity index is 1.54. The number of benzene rings is 4. The molecule has 0 heterocycles. The summed E-state index contributed by atoms with van der Waals surface area (Å²) in [6.45, 7) is 1.24. The highest BCUT2D eigenvalue weighted by atomic mass is 79.9. The summed E-state index contributed by atoms with van der Waals surface area (Å²) >= 11 is 15.5. The Hall–Kier alpha value is -3.09. The molecule has 0 spiro atoms. The molecule has 0 bridgehead atoms. The summed E-state index contributed by atoms with van der Waals surface area (Å²) in [5.74, 6) is -0.662. The third-order valence-corrected chi connectivity index (χ3v) is 10.1. The summed E-state index contributed by atoms with van der Waals surface area (Å²) < 4.78 is 56.8. The fourth-order valence-electron chi connectivity index (χ4n) is 3.57. The lowest BCUT2D eigenvalue weighted by Gasteiger charge is -2.24. The first-order valence-corrected chi connectivity index (χ1v) is 16.1. The molecule has 0 unspecified atom stereocenters. The zero-order valence-electron chi connectivity index (χ0n) is 20.8. The van der Waals surface area contributed by atoms with Crippen LogP contribution in [0.4, 0.5) is 17.1 Å². The zero-order chi connectivity index (χ0) is 29.1. The molecule has 4 aromatic rings. The number of anilines is 3. The van der Waals surface area contributed by atoms with Crippen molar-refractivity contribution in [3.63, 3.8) is 0 Å². The molecule has 4 aromatic carbocycles. The predicted octanol–water partition coefficient (Wildman–Crippen LogP) is 6.70. The van der Waals surface area contributed by atoms with Gasteiger partial charge in [-0.1, -0.05) is 56.8 Å². The second-order valence-electron chi connectivity index (χ2n) is 8.61. The van der Waals surface area contributed by atoms with E-state index < -0.39 is 32.5 Å². The molecule has 4 rings (SSSR count). The summed E-state index contributed by atoms with van der Waals surface area (Å²) in [6, 6.07) is 22.6. The van der Waals surface area contributed by atoms with Crippen LogP contribution < -0.4 is 14.3 Å². The van der Waals surface area contributed by atoms with Gasteiger partial charge < -0.3 is 5.32 Å². The average Bonchev–Trinajstić information content (AvgIpc) is 2.91. The number of aryl methyl sites for hydroxylation is 1. The van der Waals surface area contributed by atoms with Crippen molar-refractivity contribution in [2.45, 2.75) is 16.7 Å². The van der Waals surface area contributed by atoms with Gasteiger partial charge in [-0.3, -0.25) is 13.8 Å². The maximum Gasteiger partial charge on any atom is 0.264 e. The van der Waals surface area contributed by atoms with Crippen LogP contribution in [0.25, 0.3) is 0 Å². The number of carbonyl (C=O) groups excluding carboxylic acids is 1. The number of nitrogens with zero attached hydrogens (tertiary/aromatic N) is 1. The van der Waals surface area contributed by atoms with E-state index in [0.717, 1.165) is 14.3 Å². The molecule has 1 amide bonds. The van der Waals surface area contributed by atoms with Gasteiger partial charge in [0.05, 0.1) is 25.5 Å². The number of hydrogen-bond acceptors (Lipinski definition) is 5. The monoisotopic (exact) mass is 681 g/mol. The van der Waals surface area contributed by atoms with E-state index in [1.54, 1.807) is 36.4 Å². The van der Waals surface area contributed by atoms with Crippen molar-refractivity contribution in [2.75, 3.05) is 20.9 Å². The molecule has 8 nitrogen and oxygen atoms in total. The Kier molecular flexibility index (Phi) is 9.11. The van der Waals surface area contributed by atoms with E-state index in [1.165, 1.54) is 54.6 Å². The molecule has 0 aliphatic carbocycles. The zero-order valence-corrected chi connectivity index (χ0v) is 25.5. The van der Waals surface area contributed by atoms with Crippen LogP contribution in [0.1, 0.15) is 5.56 Å². The van der Waals surface area contributed by atoms with Gasteiger partial charge in [-0.05, 0) is 85.8 Å². The first kappa shape index (κ1) is 29.9. The summed E-state index contributed by atoms with van der Waals surface area (Å²) in [7, 11) is -8.04. The highest BCUT2D eigenvalue weighted by Gasteiger charge is 2.28. The minimum atomic E-state index is -4.17. The summed E-state index contributed by atoms with van der Waals surface area (Å²) in [5.41, 5.74) is 1.67. The van der Waals surface area contributed by atoms with Crippen molar-refractivity contribution in [1.29, 1.82) is 0 Å². The number of sulfonamides is 2. The van der Waals surface area contributed by atoms with Crippen molar-refractivity contribution in [3.8, 4) is 0 Å². The fourth-order valence-corrected chi connectivity index (χ4v) is 6.60. The highest BCUT2D eigenvalue weighted by Crippen LogP contribution is 2.31. The molecule has 2 N–H and O–H groups in total. The molecule has 0 saturated heterocycles. The van der Waals surface area contributed by atoms with Gasteiger partial charge >= 0.3 is 0 Å². The van der Waals surface area contributed by atoms with Crippen LogP contribution in [0.15, 0.2) is 105 Å². The Morgan fingerprint density at radius 3 is 1.95 bits per heavy atom. The quantitative estimate of drug-likeness (QED) is 0.204. The minimum absolute atomic E-state index is 0.00944. The molecule has 208 valence electrons. The third kappa shape index (κ3) is 7.15. The lowest BCUT2D eigenvalue weighted by atomic mass is 10.2. The first-order valence-electron chi connectivity index (χ1n) is 11.6. The molecule has 40 heavy (non-hydrogen) atoms. The number of halogens is 3. The van der Waals surface area contributed by atoms with E-state index in [4.69, 9.17) is 23.2 Å². The predicted molar refractivity (Wildman–Crippen MR) is 162 cm³/mol. The molecule has 13 heteroatoms. The number of amides is 1. The molecule has 0 radical (unpaired) electrons. The van der Waals surface area contributed by atoms with E-state index >= 15 is 0 Å². The van der Waals surface area contributed by atoms with Crippen LogP contribution in [0.5, 0.6) is 0 Å². The Labute approximate surface area is 251 Å². The van der Waals surface area contributed by atoms with Crippen molar-refractivity contribution in [1.82, 2.24) is 0 Å². The standard InChI is InChI=1S/C27H22BrCl2N3O5S2/c1-18-2-11-24(12-3-18)40(37,38)33(22-10-15-25(29)26(30)16-22)17-27(34)31-20-8-13-23(14-9-20)39(35,36)32-21-6-4-19(28)5-7-21/h2-16,32H,17H2,1H3,(H,31,34). The van der Waals surface area contributed by atoms with Gasteiger partial charge in [0.25, 0.3) is 20.0 Å². The molecule has 0 atom stereocenters. The van der Waals surface area contributed by atoms with E-state index in [-0.39, 0.29) is 31.2 Å². The van der Waals surface area contributed by atoms with Gasteiger partial charge in [-0.25, -0.2) is 16.8 Å². The fraction of sp³-hybridized carbons (Fsp3) is 0.0741. The minimum Gasteiger partial charge on any atom is -0.325 e. The van der Waals surface area contributed by atoms with Crippen LogP contribution in [0.3, 0.4) is 0 Å². The Morgan fingerprint density at radius 2 is 1.35 bits per heavy atom. The summed E-state index contributed by atoms with van der Waals surface area (Å²) in [6.07, 6.45) is 0. The number of rotatable bonds is 9. The highest BCUT2D eigenvalue weighted by molar-refractivity contribution is 9.10. The van der Waals surface area contributed by atoms with Gasteiger partial charge in [-0.15, -0.1) is 0 Å². The normalized spacial score (nSPS) is 11.6. The Bertz CT molecular complexity index is 1750. The molecular weight excluding hydrogens is 661 g/mol. The maximum absolute atomic E-state index is 13.5. The number of hydrogen-bond donors (Lipinski definition) is 2. The molecule has 0 saturated carbocycles. The smallest absolute Gasteiger partial charge is 0.264 e. The second-order valence-corrected chi connectivity index (χ2v) is 13.9. The van der Waals surface area contributed by atoms with Crippen LogP contribution in [0, 0.1) is 6.92 Å². The van der Waals surface area contributed by atoms with Crippen LogP contribution in [-0.4, -0.2) is 29.3 Å². The number of carbonyl (C=O) groups is 1. The van der Waals surface area contributed by atoms with Crippen molar-refractivity contribution < 1.29 is 21.6 Å². The largest absolute Gasteiger partial charge is 0.325 e. The van der Waals surface area contributed by atoms with Crippen LogP contribution >= 0.6 is 39.1 Å². The van der Waals surface area contributed by atoms with E-state index in [9.17, 15) is 21.6 Å². The van der Waals surface area contributed by atoms with Gasteiger partial charge in [0.2, 0.25) is 5.91 Å². The third-order valence-electron chi connectivity index (χ3n) is 5.63. The van der Waals surface area contributed by atoms with Crippen molar-refractivity contribution in [3.05, 3.63) is 111 Å². The Morgan fingerprint density at radius 1 is 0.775 bits per heavy atom. The van der Waals surface area contributed by atoms with Crippen molar-refractivity contribution in [2.24, 2.45) is 0 Å². The molecule has 0 aliphatic heterocycles. The van der Waals surface area contributed by atoms with E-state index in [1.807, 2.05) is 6.92 Å². The number of nitrogens with one attached hydrogen (secondary N) is 2. The second kappa shape index (κ2) is 12.2. The van der Waals surface area contributed by atoms with E-state index in [2.05, 4.69) is 26.0 Å². The van der Waals surface area contributed by atoms with Gasteiger partial charge in [0.1, 0.15) is 6.54 Å².